The molecule has 2 aromatic carbocycles. The van der Waals surface area contributed by atoms with E-state index in [1.54, 1.807) is 12.1 Å². The number of rotatable bonds is 8. The smallest absolute Gasteiger partial charge is 0.252 e. The van der Waals surface area contributed by atoms with Gasteiger partial charge in [-0.25, -0.2) is 17.7 Å². The lowest BCUT2D eigenvalue weighted by Crippen LogP contribution is -2.46. The Morgan fingerprint density at radius 3 is 2.31 bits per heavy atom. The van der Waals surface area contributed by atoms with Crippen LogP contribution in [0.5, 0.6) is 0 Å². The fraction of sp³-hybridized carbons (Fsp3) is 0.407. The van der Waals surface area contributed by atoms with Gasteiger partial charge < -0.3 is 0 Å². The second-order valence-corrected chi connectivity index (χ2v) is 11.4. The minimum atomic E-state index is -4.14. The molecule has 1 aliphatic heterocycles. The number of sulfonamides is 1. The van der Waals surface area contributed by atoms with Crippen LogP contribution in [0.4, 0.5) is 10.1 Å². The Morgan fingerprint density at radius 1 is 1.03 bits per heavy atom. The van der Waals surface area contributed by atoms with Gasteiger partial charge in [-0.05, 0) is 80.0 Å². The summed E-state index contributed by atoms with van der Waals surface area (Å²) < 4.78 is 41.9. The fourth-order valence-electron chi connectivity index (χ4n) is 4.69. The average molecular weight is 499 g/mol. The summed E-state index contributed by atoms with van der Waals surface area (Å²) in [7, 11) is -4.14. The number of amides is 2. The van der Waals surface area contributed by atoms with Gasteiger partial charge in [0.2, 0.25) is 15.9 Å². The number of anilines is 1. The van der Waals surface area contributed by atoms with Gasteiger partial charge in [0.05, 0.1) is 17.0 Å². The van der Waals surface area contributed by atoms with Gasteiger partial charge >= 0.3 is 0 Å². The van der Waals surface area contributed by atoms with Gasteiger partial charge in [-0.2, -0.15) is 4.31 Å². The standard InChI is InChI=1S/C27H31FN2O4S/c1-19(2)21-8-12-23(13-9-21)30-26(31)18-25(27(30)32)29(17-16-20-6-4-3-5-7-20)35(33,34)24-14-10-22(28)11-15-24/h6,8-15,19,25H,3-5,7,16-18H2,1-2H3. The van der Waals surface area contributed by atoms with Crippen LogP contribution in [0, 0.1) is 5.82 Å². The molecule has 0 N–H and O–H groups in total. The summed E-state index contributed by atoms with van der Waals surface area (Å²) in [4.78, 5) is 27.4. The van der Waals surface area contributed by atoms with Crippen molar-refractivity contribution in [3.8, 4) is 0 Å². The monoisotopic (exact) mass is 498 g/mol. The molecule has 4 rings (SSSR count). The van der Waals surface area contributed by atoms with E-state index in [0.29, 0.717) is 18.0 Å². The molecule has 0 bridgehead atoms. The van der Waals surface area contributed by atoms with Crippen LogP contribution in [0.1, 0.15) is 63.9 Å². The van der Waals surface area contributed by atoms with E-state index >= 15 is 0 Å². The Balaban J connectivity index is 1.65. The first kappa shape index (κ1) is 25.3. The molecular weight excluding hydrogens is 467 g/mol. The summed E-state index contributed by atoms with van der Waals surface area (Å²) in [5.41, 5.74) is 2.67. The summed E-state index contributed by atoms with van der Waals surface area (Å²) in [5, 5.41) is 0. The number of carbonyl (C=O) groups excluding carboxylic acids is 2. The summed E-state index contributed by atoms with van der Waals surface area (Å²) in [6.07, 6.45) is 6.41. The van der Waals surface area contributed by atoms with Gasteiger partial charge in [0.1, 0.15) is 11.9 Å². The van der Waals surface area contributed by atoms with Gasteiger partial charge in [-0.15, -0.1) is 0 Å². The van der Waals surface area contributed by atoms with Crippen LogP contribution in [-0.4, -0.2) is 37.1 Å². The molecule has 1 unspecified atom stereocenters. The predicted octanol–water partition coefficient (Wildman–Crippen LogP) is 5.16. The molecule has 0 radical (unpaired) electrons. The fourth-order valence-corrected chi connectivity index (χ4v) is 6.27. The van der Waals surface area contributed by atoms with Crippen LogP contribution in [0.2, 0.25) is 0 Å². The third-order valence-corrected chi connectivity index (χ3v) is 8.67. The minimum Gasteiger partial charge on any atom is -0.274 e. The third-order valence-electron chi connectivity index (χ3n) is 6.75. The number of hydrogen-bond donors (Lipinski definition) is 0. The Morgan fingerprint density at radius 2 is 1.71 bits per heavy atom. The van der Waals surface area contributed by atoms with E-state index in [4.69, 9.17) is 0 Å². The van der Waals surface area contributed by atoms with E-state index in [9.17, 15) is 22.4 Å². The van der Waals surface area contributed by atoms with Crippen molar-refractivity contribution in [2.45, 2.75) is 69.2 Å². The van der Waals surface area contributed by atoms with E-state index in [1.165, 1.54) is 12.1 Å². The summed E-state index contributed by atoms with van der Waals surface area (Å²) in [5.74, 6) is -1.25. The van der Waals surface area contributed by atoms with E-state index in [0.717, 1.165) is 58.2 Å². The van der Waals surface area contributed by atoms with Gasteiger partial charge in [0.15, 0.2) is 0 Å². The summed E-state index contributed by atoms with van der Waals surface area (Å²) >= 11 is 0. The number of carbonyl (C=O) groups is 2. The van der Waals surface area contributed by atoms with Crippen LogP contribution in [-0.2, 0) is 19.6 Å². The number of halogens is 1. The van der Waals surface area contributed by atoms with Crippen LogP contribution < -0.4 is 4.90 Å². The van der Waals surface area contributed by atoms with Crippen molar-refractivity contribution in [3.63, 3.8) is 0 Å². The molecule has 8 heteroatoms. The summed E-state index contributed by atoms with van der Waals surface area (Å²) in [6, 6.07) is 10.6. The molecule has 35 heavy (non-hydrogen) atoms. The first-order valence-corrected chi connectivity index (χ1v) is 13.5. The van der Waals surface area contributed by atoms with Crippen LogP contribution in [0.25, 0.3) is 0 Å². The molecule has 0 saturated carbocycles. The van der Waals surface area contributed by atoms with Crippen LogP contribution in [0.3, 0.4) is 0 Å². The number of hydrogen-bond acceptors (Lipinski definition) is 4. The zero-order chi connectivity index (χ0) is 25.2. The Hall–Kier alpha value is -2.84. The molecule has 0 spiro atoms. The molecule has 1 atom stereocenters. The lowest BCUT2D eigenvalue weighted by Gasteiger charge is -2.28. The summed E-state index contributed by atoms with van der Waals surface area (Å²) in [6.45, 7) is 4.18. The highest BCUT2D eigenvalue weighted by Crippen LogP contribution is 2.31. The van der Waals surface area contributed by atoms with Crippen molar-refractivity contribution in [2.24, 2.45) is 0 Å². The number of allylic oxidation sites excluding steroid dienone is 1. The van der Waals surface area contributed by atoms with Crippen molar-refractivity contribution in [1.82, 2.24) is 4.31 Å². The van der Waals surface area contributed by atoms with E-state index in [2.05, 4.69) is 19.9 Å². The molecule has 186 valence electrons. The molecule has 2 aromatic rings. The van der Waals surface area contributed by atoms with Gasteiger partial charge in [0.25, 0.3) is 5.91 Å². The highest BCUT2D eigenvalue weighted by Gasteiger charge is 2.46. The predicted molar refractivity (Wildman–Crippen MR) is 133 cm³/mol. The molecule has 2 aliphatic rings. The normalized spacial score (nSPS) is 19.1. The molecule has 1 aliphatic carbocycles. The molecule has 6 nitrogen and oxygen atoms in total. The average Bonchev–Trinajstić information content (AvgIpc) is 3.13. The van der Waals surface area contributed by atoms with Gasteiger partial charge in [0, 0.05) is 6.54 Å². The Labute approximate surface area is 206 Å². The SMILES string of the molecule is CC(C)c1ccc(N2C(=O)CC(N(CCC3=CCCCC3)S(=O)(=O)c3ccc(F)cc3)C2=O)cc1. The number of benzene rings is 2. The molecule has 1 saturated heterocycles. The second-order valence-electron chi connectivity index (χ2n) is 9.46. The van der Waals surface area contributed by atoms with Crippen molar-refractivity contribution < 1.29 is 22.4 Å². The molecule has 1 fully saturated rings. The van der Waals surface area contributed by atoms with Crippen molar-refractivity contribution >= 4 is 27.5 Å². The lowest BCUT2D eigenvalue weighted by atomic mass is 9.97. The first-order chi connectivity index (χ1) is 16.7. The lowest BCUT2D eigenvalue weighted by molar-refractivity contribution is -0.122. The largest absolute Gasteiger partial charge is 0.274 e. The molecular formula is C27H31FN2O4S. The van der Waals surface area contributed by atoms with Gasteiger partial charge in [-0.3, -0.25) is 9.59 Å². The Bertz CT molecular complexity index is 1220. The quantitative estimate of drug-likeness (QED) is 0.372. The number of imide groups is 1. The molecule has 0 aromatic heterocycles. The highest BCUT2D eigenvalue weighted by atomic mass is 32.2. The zero-order valence-electron chi connectivity index (χ0n) is 20.1. The maximum absolute atomic E-state index is 13.6. The van der Waals surface area contributed by atoms with E-state index in [1.807, 2.05) is 12.1 Å². The maximum Gasteiger partial charge on any atom is 0.252 e. The molecule has 2 amide bonds. The Kier molecular flexibility index (Phi) is 7.52. The zero-order valence-corrected chi connectivity index (χ0v) is 20.9. The van der Waals surface area contributed by atoms with E-state index in [-0.39, 0.29) is 17.9 Å². The first-order valence-electron chi connectivity index (χ1n) is 12.1. The van der Waals surface area contributed by atoms with Gasteiger partial charge in [-0.1, -0.05) is 37.6 Å². The number of nitrogens with zero attached hydrogens (tertiary/aromatic N) is 2. The van der Waals surface area contributed by atoms with Crippen LogP contribution in [0.15, 0.2) is 65.1 Å². The molecule has 1 heterocycles. The van der Waals surface area contributed by atoms with Crippen LogP contribution >= 0.6 is 0 Å². The minimum absolute atomic E-state index is 0.0787. The topological polar surface area (TPSA) is 74.8 Å². The second kappa shape index (κ2) is 10.4. The van der Waals surface area contributed by atoms with Crippen molar-refractivity contribution in [1.29, 1.82) is 0 Å². The third kappa shape index (κ3) is 5.38. The maximum atomic E-state index is 13.6. The van der Waals surface area contributed by atoms with Crippen molar-refractivity contribution in [2.75, 3.05) is 11.4 Å². The van der Waals surface area contributed by atoms with E-state index < -0.39 is 33.7 Å². The highest BCUT2D eigenvalue weighted by molar-refractivity contribution is 7.89. The van der Waals surface area contributed by atoms with Crippen molar-refractivity contribution in [3.05, 3.63) is 71.6 Å².